The topological polar surface area (TPSA) is 81.3 Å². The number of hydrogen-bond donors (Lipinski definition) is 1. The van der Waals surface area contributed by atoms with Crippen molar-refractivity contribution in [2.45, 2.75) is 13.8 Å². The predicted octanol–water partition coefficient (Wildman–Crippen LogP) is 4.63. The third-order valence-electron chi connectivity index (χ3n) is 5.53. The van der Waals surface area contributed by atoms with Crippen molar-refractivity contribution in [3.05, 3.63) is 102 Å². The summed E-state index contributed by atoms with van der Waals surface area (Å²) in [6, 6.07) is 24.6. The zero-order valence-electron chi connectivity index (χ0n) is 18.2. The maximum absolute atomic E-state index is 13.2. The van der Waals surface area contributed by atoms with Gasteiger partial charge in [0.15, 0.2) is 0 Å². The van der Waals surface area contributed by atoms with Gasteiger partial charge in [-0.1, -0.05) is 54.6 Å². The number of pyridine rings is 1. The van der Waals surface area contributed by atoms with Crippen molar-refractivity contribution in [1.29, 1.82) is 0 Å². The van der Waals surface area contributed by atoms with Gasteiger partial charge < -0.3 is 5.32 Å². The van der Waals surface area contributed by atoms with Crippen LogP contribution in [0.2, 0.25) is 0 Å². The number of ketones is 1. The summed E-state index contributed by atoms with van der Waals surface area (Å²) in [5.74, 6) is -0.936. The molecular formula is C26H21N5O2. The van der Waals surface area contributed by atoms with Crippen LogP contribution in [0.15, 0.2) is 85.1 Å². The second-order valence-electron chi connectivity index (χ2n) is 7.68. The standard InChI is InChI=1S/C26H21N5O2/c1-17-22(18(2)31(29-17)20-13-7-4-8-14-20)24(32)26(33)28-25-23(19-11-5-3-6-12-19)27-21-15-9-10-16-30(21)25/h3-16H,1-2H3,(H,28,33). The van der Waals surface area contributed by atoms with Gasteiger partial charge >= 0.3 is 0 Å². The second kappa shape index (κ2) is 8.20. The molecule has 0 unspecified atom stereocenters. The van der Waals surface area contributed by atoms with Crippen LogP contribution in [0.3, 0.4) is 0 Å². The molecule has 0 bridgehead atoms. The Balaban J connectivity index is 1.53. The first kappa shape index (κ1) is 20.4. The Kier molecular flexibility index (Phi) is 5.06. The lowest BCUT2D eigenvalue weighted by Gasteiger charge is -2.08. The Morgan fingerprint density at radius 3 is 2.24 bits per heavy atom. The largest absolute Gasteiger partial charge is 0.303 e. The number of Topliss-reactive ketones (excluding diaryl/α,β-unsaturated/α-hetero) is 1. The molecule has 0 atom stereocenters. The maximum Gasteiger partial charge on any atom is 0.298 e. The first-order valence-corrected chi connectivity index (χ1v) is 10.5. The number of nitrogens with one attached hydrogen (secondary N) is 1. The Morgan fingerprint density at radius 1 is 0.848 bits per heavy atom. The molecule has 5 aromatic rings. The van der Waals surface area contributed by atoms with E-state index < -0.39 is 11.7 Å². The van der Waals surface area contributed by atoms with E-state index in [0.29, 0.717) is 34.1 Å². The van der Waals surface area contributed by atoms with Crippen molar-refractivity contribution in [3.63, 3.8) is 0 Å². The molecule has 3 aromatic heterocycles. The number of anilines is 1. The van der Waals surface area contributed by atoms with E-state index >= 15 is 0 Å². The van der Waals surface area contributed by atoms with E-state index in [2.05, 4.69) is 15.4 Å². The van der Waals surface area contributed by atoms with Crippen molar-refractivity contribution in [3.8, 4) is 16.9 Å². The summed E-state index contributed by atoms with van der Waals surface area (Å²) in [7, 11) is 0. The van der Waals surface area contributed by atoms with E-state index in [-0.39, 0.29) is 0 Å². The molecule has 5 rings (SSSR count). The fourth-order valence-corrected chi connectivity index (χ4v) is 3.98. The van der Waals surface area contributed by atoms with Crippen molar-refractivity contribution in [2.75, 3.05) is 5.32 Å². The summed E-state index contributed by atoms with van der Waals surface area (Å²) in [6.07, 6.45) is 1.80. The molecule has 2 aromatic carbocycles. The highest BCUT2D eigenvalue weighted by Crippen LogP contribution is 2.29. The fraction of sp³-hybridized carbons (Fsp3) is 0.0769. The molecule has 0 fully saturated rings. The summed E-state index contributed by atoms with van der Waals surface area (Å²) in [6.45, 7) is 3.52. The molecule has 0 aliphatic rings. The second-order valence-corrected chi connectivity index (χ2v) is 7.68. The SMILES string of the molecule is Cc1nn(-c2ccccc2)c(C)c1C(=O)C(=O)Nc1c(-c2ccccc2)nc2ccccn12. The number of carbonyl (C=O) groups is 2. The average molecular weight is 435 g/mol. The molecule has 0 aliphatic carbocycles. The molecule has 33 heavy (non-hydrogen) atoms. The van der Waals surface area contributed by atoms with E-state index in [1.54, 1.807) is 29.1 Å². The summed E-state index contributed by atoms with van der Waals surface area (Å²) in [5.41, 5.74) is 4.34. The Labute approximate surface area is 190 Å². The van der Waals surface area contributed by atoms with E-state index in [9.17, 15) is 9.59 Å². The lowest BCUT2D eigenvalue weighted by molar-refractivity contribution is -0.112. The van der Waals surface area contributed by atoms with Gasteiger partial charge in [-0.2, -0.15) is 5.10 Å². The zero-order chi connectivity index (χ0) is 22.9. The van der Waals surface area contributed by atoms with Crippen LogP contribution in [0.25, 0.3) is 22.6 Å². The molecule has 162 valence electrons. The quantitative estimate of drug-likeness (QED) is 0.323. The molecule has 1 amide bonds. The molecular weight excluding hydrogens is 414 g/mol. The van der Waals surface area contributed by atoms with Crippen LogP contribution >= 0.6 is 0 Å². The molecule has 0 saturated carbocycles. The van der Waals surface area contributed by atoms with Crippen molar-refractivity contribution >= 4 is 23.2 Å². The van der Waals surface area contributed by atoms with Crippen molar-refractivity contribution in [2.24, 2.45) is 0 Å². The number of fused-ring (bicyclic) bond motifs is 1. The molecule has 1 N–H and O–H groups in total. The molecule has 7 nitrogen and oxygen atoms in total. The number of aromatic nitrogens is 4. The molecule has 0 saturated heterocycles. The third kappa shape index (κ3) is 3.59. The summed E-state index contributed by atoms with van der Waals surface area (Å²) >= 11 is 0. The van der Waals surface area contributed by atoms with Gasteiger partial charge in [-0.05, 0) is 38.1 Å². The molecule has 7 heteroatoms. The van der Waals surface area contributed by atoms with Crippen LogP contribution in [0, 0.1) is 13.8 Å². The number of carbonyl (C=O) groups excluding carboxylic acids is 2. The van der Waals surface area contributed by atoms with E-state index in [0.717, 1.165) is 11.3 Å². The van der Waals surface area contributed by atoms with E-state index in [1.165, 1.54) is 0 Å². The minimum atomic E-state index is -0.739. The van der Waals surface area contributed by atoms with Crippen LogP contribution < -0.4 is 5.32 Å². The fourth-order valence-electron chi connectivity index (χ4n) is 3.98. The summed E-state index contributed by atoms with van der Waals surface area (Å²) in [4.78, 5) is 31.1. The predicted molar refractivity (Wildman–Crippen MR) is 127 cm³/mol. The molecule has 0 radical (unpaired) electrons. The minimum Gasteiger partial charge on any atom is -0.303 e. The highest BCUT2D eigenvalue weighted by atomic mass is 16.2. The molecule has 0 spiro atoms. The minimum absolute atomic E-state index is 0.298. The van der Waals surface area contributed by atoms with Crippen LogP contribution in [-0.4, -0.2) is 30.9 Å². The number of amides is 1. The smallest absolute Gasteiger partial charge is 0.298 e. The van der Waals surface area contributed by atoms with Gasteiger partial charge in [-0.25, -0.2) is 9.67 Å². The zero-order valence-corrected chi connectivity index (χ0v) is 18.2. The Bertz CT molecular complexity index is 1480. The van der Waals surface area contributed by atoms with Gasteiger partial charge in [-0.3, -0.25) is 14.0 Å². The van der Waals surface area contributed by atoms with Crippen LogP contribution in [0.5, 0.6) is 0 Å². The first-order chi connectivity index (χ1) is 16.0. The first-order valence-electron chi connectivity index (χ1n) is 10.5. The van der Waals surface area contributed by atoms with Crippen LogP contribution in [0.1, 0.15) is 21.7 Å². The maximum atomic E-state index is 13.2. The van der Waals surface area contributed by atoms with Gasteiger partial charge in [0, 0.05) is 11.8 Å². The van der Waals surface area contributed by atoms with E-state index in [1.807, 2.05) is 78.9 Å². The van der Waals surface area contributed by atoms with Gasteiger partial charge in [0.2, 0.25) is 0 Å². The molecule has 0 aliphatic heterocycles. The molecule has 3 heterocycles. The van der Waals surface area contributed by atoms with Gasteiger partial charge in [-0.15, -0.1) is 0 Å². The normalized spacial score (nSPS) is 11.0. The number of nitrogens with zero attached hydrogens (tertiary/aromatic N) is 4. The Morgan fingerprint density at radius 2 is 1.52 bits per heavy atom. The van der Waals surface area contributed by atoms with Gasteiger partial charge in [0.1, 0.15) is 17.2 Å². The van der Waals surface area contributed by atoms with Crippen molar-refractivity contribution in [1.82, 2.24) is 19.2 Å². The lowest BCUT2D eigenvalue weighted by atomic mass is 10.1. The lowest BCUT2D eigenvalue weighted by Crippen LogP contribution is -2.25. The van der Waals surface area contributed by atoms with Gasteiger partial charge in [0.05, 0.1) is 22.6 Å². The van der Waals surface area contributed by atoms with Gasteiger partial charge in [0.25, 0.3) is 11.7 Å². The number of benzene rings is 2. The highest BCUT2D eigenvalue weighted by molar-refractivity contribution is 6.47. The van der Waals surface area contributed by atoms with Crippen LogP contribution in [0.4, 0.5) is 5.82 Å². The van der Waals surface area contributed by atoms with E-state index in [4.69, 9.17) is 0 Å². The number of hydrogen-bond acceptors (Lipinski definition) is 4. The number of para-hydroxylation sites is 1. The monoisotopic (exact) mass is 435 g/mol. The highest BCUT2D eigenvalue weighted by Gasteiger charge is 2.27. The van der Waals surface area contributed by atoms with Crippen molar-refractivity contribution < 1.29 is 9.59 Å². The number of aryl methyl sites for hydroxylation is 1. The number of rotatable bonds is 5. The average Bonchev–Trinajstić information content (AvgIpc) is 3.36. The Hall–Kier alpha value is -4.52. The third-order valence-corrected chi connectivity index (χ3v) is 5.53. The van der Waals surface area contributed by atoms with Crippen LogP contribution in [-0.2, 0) is 4.79 Å². The summed E-state index contributed by atoms with van der Waals surface area (Å²) in [5, 5.41) is 7.30. The summed E-state index contributed by atoms with van der Waals surface area (Å²) < 4.78 is 3.44. The number of imidazole rings is 1.